The Morgan fingerprint density at radius 2 is 2.23 bits per heavy atom. The zero-order chi connectivity index (χ0) is 18.5. The number of aryl methyl sites for hydroxylation is 2. The van der Waals surface area contributed by atoms with Gasteiger partial charge in [0, 0.05) is 32.0 Å². The van der Waals surface area contributed by atoms with Gasteiger partial charge in [-0.05, 0) is 43.0 Å². The lowest BCUT2D eigenvalue weighted by atomic mass is 9.91. The van der Waals surface area contributed by atoms with E-state index in [0.29, 0.717) is 18.7 Å². The molecule has 1 aliphatic heterocycles. The van der Waals surface area contributed by atoms with Crippen LogP contribution in [0.3, 0.4) is 0 Å². The van der Waals surface area contributed by atoms with Crippen molar-refractivity contribution in [2.45, 2.75) is 31.8 Å². The van der Waals surface area contributed by atoms with Crippen LogP contribution in [0.25, 0.3) is 0 Å². The maximum Gasteiger partial charge on any atom is 0.303 e. The fraction of sp³-hybridized carbons (Fsp3) is 0.421. The lowest BCUT2D eigenvalue weighted by molar-refractivity contribution is -0.137. The molecule has 7 nitrogen and oxygen atoms in total. The fourth-order valence-electron chi connectivity index (χ4n) is 3.30. The van der Waals surface area contributed by atoms with E-state index in [1.165, 1.54) is 0 Å². The predicted octanol–water partition coefficient (Wildman–Crippen LogP) is 2.54. The largest absolute Gasteiger partial charge is 0.481 e. The lowest BCUT2D eigenvalue weighted by Gasteiger charge is -2.30. The molecule has 138 valence electrons. The van der Waals surface area contributed by atoms with Crippen LogP contribution in [0.5, 0.6) is 0 Å². The molecule has 1 amide bonds. The van der Waals surface area contributed by atoms with Gasteiger partial charge in [-0.25, -0.2) is 0 Å². The van der Waals surface area contributed by atoms with Crippen molar-refractivity contribution in [2.24, 2.45) is 13.0 Å². The van der Waals surface area contributed by atoms with Crippen molar-refractivity contribution in [3.05, 3.63) is 47.8 Å². The molecule has 0 spiro atoms. The van der Waals surface area contributed by atoms with Crippen LogP contribution in [0.4, 0.5) is 5.69 Å². The third-order valence-electron chi connectivity index (χ3n) is 4.63. The topological polar surface area (TPSA) is 93.5 Å². The molecule has 0 saturated carbocycles. The van der Waals surface area contributed by atoms with Crippen molar-refractivity contribution in [1.82, 2.24) is 9.78 Å². The van der Waals surface area contributed by atoms with E-state index in [2.05, 4.69) is 10.4 Å². The second kappa shape index (κ2) is 8.14. The molecule has 1 aromatic heterocycles. The Hall–Kier alpha value is -2.67. The number of carboxylic acid groups (broad SMARTS) is 1. The molecule has 2 N–H and O–H groups in total. The van der Waals surface area contributed by atoms with E-state index < -0.39 is 5.97 Å². The minimum Gasteiger partial charge on any atom is -0.481 e. The third-order valence-corrected chi connectivity index (χ3v) is 4.63. The number of ether oxygens (including phenoxy) is 1. The van der Waals surface area contributed by atoms with E-state index in [-0.39, 0.29) is 24.3 Å². The number of hydrogen-bond donors (Lipinski definition) is 2. The maximum absolute atomic E-state index is 12.8. The Morgan fingerprint density at radius 3 is 2.96 bits per heavy atom. The van der Waals surface area contributed by atoms with Gasteiger partial charge in [-0.3, -0.25) is 14.3 Å². The molecule has 2 heterocycles. The number of nitrogens with one attached hydrogen (secondary N) is 1. The van der Waals surface area contributed by atoms with E-state index in [1.54, 1.807) is 10.9 Å². The molecule has 1 saturated heterocycles. The summed E-state index contributed by atoms with van der Waals surface area (Å²) in [6.07, 6.45) is 3.48. The Bertz CT molecular complexity index is 787. The smallest absolute Gasteiger partial charge is 0.303 e. The van der Waals surface area contributed by atoms with Crippen molar-refractivity contribution in [3.8, 4) is 0 Å². The Balaban J connectivity index is 1.71. The van der Waals surface area contributed by atoms with E-state index in [0.717, 1.165) is 24.1 Å². The first-order valence-corrected chi connectivity index (χ1v) is 8.75. The molecular formula is C19H23N3O4. The standard InChI is InChI=1S/C19H23N3O4/c1-22-16(9-10-20-22)18-15(6-3-11-26-18)19(25)21-14-5-2-4-13(12-14)7-8-17(23)24/h2,4-5,9-10,12,15,18H,3,6-8,11H2,1H3,(H,21,25)(H,23,24)/t15-,18-/m1/s1. The molecule has 0 aliphatic carbocycles. The van der Waals surface area contributed by atoms with Crippen molar-refractivity contribution in [3.63, 3.8) is 0 Å². The highest BCUT2D eigenvalue weighted by Gasteiger charge is 2.34. The SMILES string of the molecule is Cn1nccc1[C@@H]1OCCC[C@H]1C(=O)Nc1cccc(CCC(=O)O)c1. The molecule has 7 heteroatoms. The first-order chi connectivity index (χ1) is 12.5. The van der Waals surface area contributed by atoms with Crippen LogP contribution in [-0.4, -0.2) is 33.4 Å². The van der Waals surface area contributed by atoms with Crippen LogP contribution < -0.4 is 5.32 Å². The average Bonchev–Trinajstić information content (AvgIpc) is 3.06. The average molecular weight is 357 g/mol. The monoisotopic (exact) mass is 357 g/mol. The molecule has 1 aliphatic rings. The molecule has 26 heavy (non-hydrogen) atoms. The van der Waals surface area contributed by atoms with Crippen molar-refractivity contribution >= 4 is 17.6 Å². The van der Waals surface area contributed by atoms with Crippen LogP contribution in [0, 0.1) is 5.92 Å². The van der Waals surface area contributed by atoms with Crippen molar-refractivity contribution in [1.29, 1.82) is 0 Å². The third kappa shape index (κ3) is 4.29. The van der Waals surface area contributed by atoms with Gasteiger partial charge in [0.05, 0.1) is 11.6 Å². The van der Waals surface area contributed by atoms with Crippen LogP contribution in [-0.2, 0) is 27.8 Å². The lowest BCUT2D eigenvalue weighted by Crippen LogP contribution is -2.34. The molecule has 0 unspecified atom stereocenters. The van der Waals surface area contributed by atoms with Gasteiger partial charge in [0.2, 0.25) is 5.91 Å². The molecule has 1 aromatic carbocycles. The number of hydrogen-bond acceptors (Lipinski definition) is 4. The van der Waals surface area contributed by atoms with Gasteiger partial charge in [-0.15, -0.1) is 0 Å². The Labute approximate surface area is 152 Å². The number of anilines is 1. The zero-order valence-corrected chi connectivity index (χ0v) is 14.7. The summed E-state index contributed by atoms with van der Waals surface area (Å²) in [5.41, 5.74) is 2.44. The molecule has 0 bridgehead atoms. The summed E-state index contributed by atoms with van der Waals surface area (Å²) >= 11 is 0. The van der Waals surface area contributed by atoms with Crippen LogP contribution in [0.15, 0.2) is 36.5 Å². The normalized spacial score (nSPS) is 19.9. The number of carbonyl (C=O) groups excluding carboxylic acids is 1. The summed E-state index contributed by atoms with van der Waals surface area (Å²) in [6.45, 7) is 0.629. The van der Waals surface area contributed by atoms with Gasteiger partial charge in [-0.1, -0.05) is 12.1 Å². The summed E-state index contributed by atoms with van der Waals surface area (Å²) in [6, 6.07) is 9.20. The first-order valence-electron chi connectivity index (χ1n) is 8.75. The summed E-state index contributed by atoms with van der Waals surface area (Å²) in [7, 11) is 1.84. The molecule has 0 radical (unpaired) electrons. The van der Waals surface area contributed by atoms with Crippen LogP contribution in [0.2, 0.25) is 0 Å². The number of aromatic nitrogens is 2. The van der Waals surface area contributed by atoms with Gasteiger partial charge in [0.25, 0.3) is 0 Å². The molecule has 3 rings (SSSR count). The second-order valence-corrected chi connectivity index (χ2v) is 6.50. The summed E-state index contributed by atoms with van der Waals surface area (Å²) < 4.78 is 7.62. The number of nitrogens with zero attached hydrogens (tertiary/aromatic N) is 2. The van der Waals surface area contributed by atoms with Gasteiger partial charge >= 0.3 is 5.97 Å². The predicted molar refractivity (Wildman–Crippen MR) is 95.7 cm³/mol. The van der Waals surface area contributed by atoms with E-state index in [4.69, 9.17) is 9.84 Å². The highest BCUT2D eigenvalue weighted by atomic mass is 16.5. The number of benzene rings is 1. The number of amides is 1. The molecular weight excluding hydrogens is 334 g/mol. The zero-order valence-electron chi connectivity index (χ0n) is 14.7. The number of aliphatic carboxylic acids is 1. The molecule has 2 aromatic rings. The first kappa shape index (κ1) is 18.1. The van der Waals surface area contributed by atoms with Gasteiger partial charge in [-0.2, -0.15) is 5.10 Å². The summed E-state index contributed by atoms with van der Waals surface area (Å²) in [5.74, 6) is -1.22. The minimum absolute atomic E-state index is 0.0659. The summed E-state index contributed by atoms with van der Waals surface area (Å²) in [5, 5.41) is 15.9. The number of rotatable bonds is 6. The van der Waals surface area contributed by atoms with Gasteiger partial charge in [0.15, 0.2) is 0 Å². The van der Waals surface area contributed by atoms with E-state index in [1.807, 2.05) is 37.4 Å². The highest BCUT2D eigenvalue weighted by Crippen LogP contribution is 2.34. The Kier molecular flexibility index (Phi) is 5.68. The van der Waals surface area contributed by atoms with Crippen LogP contribution in [0.1, 0.15) is 36.6 Å². The minimum atomic E-state index is -0.835. The fourth-order valence-corrected chi connectivity index (χ4v) is 3.30. The van der Waals surface area contributed by atoms with E-state index >= 15 is 0 Å². The quantitative estimate of drug-likeness (QED) is 0.829. The maximum atomic E-state index is 12.8. The van der Waals surface area contributed by atoms with Crippen molar-refractivity contribution < 1.29 is 19.4 Å². The molecule has 2 atom stereocenters. The number of carbonyl (C=O) groups is 2. The van der Waals surface area contributed by atoms with Crippen molar-refractivity contribution in [2.75, 3.05) is 11.9 Å². The van der Waals surface area contributed by atoms with Gasteiger partial charge < -0.3 is 15.2 Å². The Morgan fingerprint density at radius 1 is 1.38 bits per heavy atom. The second-order valence-electron chi connectivity index (χ2n) is 6.50. The molecule has 1 fully saturated rings. The van der Waals surface area contributed by atoms with Crippen LogP contribution >= 0.6 is 0 Å². The van der Waals surface area contributed by atoms with Gasteiger partial charge in [0.1, 0.15) is 6.10 Å². The van der Waals surface area contributed by atoms with E-state index in [9.17, 15) is 9.59 Å². The number of carboxylic acids is 1. The highest BCUT2D eigenvalue weighted by molar-refractivity contribution is 5.93. The summed E-state index contributed by atoms with van der Waals surface area (Å²) in [4.78, 5) is 23.6.